The van der Waals surface area contributed by atoms with Crippen LogP contribution in [0.5, 0.6) is 0 Å². The van der Waals surface area contributed by atoms with Crippen molar-refractivity contribution in [3.05, 3.63) is 0 Å². The maximum Gasteiger partial charge on any atom is 0.0813 e. The first-order chi connectivity index (χ1) is 4.99. The molecule has 1 saturated heterocycles. The van der Waals surface area contributed by atoms with Crippen molar-refractivity contribution in [2.24, 2.45) is 11.8 Å². The molecular formula is C10H22N+. The third-order valence-electron chi connectivity index (χ3n) is 2.70. The lowest BCUT2D eigenvalue weighted by molar-refractivity contribution is -0.879. The smallest absolute Gasteiger partial charge is 0.0813 e. The van der Waals surface area contributed by atoms with Crippen LogP contribution in [0.15, 0.2) is 0 Å². The van der Waals surface area contributed by atoms with E-state index in [0.717, 1.165) is 11.8 Å². The predicted octanol–water partition coefficient (Wildman–Crippen LogP) is 2.13. The first kappa shape index (κ1) is 9.05. The molecule has 0 amide bonds. The van der Waals surface area contributed by atoms with E-state index in [0.29, 0.717) is 0 Å². The lowest BCUT2D eigenvalue weighted by atomic mass is 9.97. The molecule has 0 aliphatic carbocycles. The van der Waals surface area contributed by atoms with Gasteiger partial charge in [-0.2, -0.15) is 0 Å². The Bertz CT molecular complexity index is 127. The van der Waals surface area contributed by atoms with Gasteiger partial charge in [-0.15, -0.1) is 0 Å². The standard InChI is InChI=1S/C10H22N/c1-9(2)7-10-5-6-11(3,4)8-10/h9-10H,5-8H2,1-4H3/q+1. The highest BCUT2D eigenvalue weighted by Crippen LogP contribution is 2.25. The van der Waals surface area contributed by atoms with Crippen LogP contribution in [0.1, 0.15) is 26.7 Å². The van der Waals surface area contributed by atoms with Crippen molar-refractivity contribution in [1.29, 1.82) is 0 Å². The fourth-order valence-corrected chi connectivity index (χ4v) is 2.27. The van der Waals surface area contributed by atoms with Crippen LogP contribution in [-0.4, -0.2) is 31.7 Å². The molecule has 1 unspecified atom stereocenters. The van der Waals surface area contributed by atoms with Gasteiger partial charge in [0.1, 0.15) is 0 Å². The number of quaternary nitrogens is 1. The van der Waals surface area contributed by atoms with Gasteiger partial charge in [0.05, 0.1) is 27.2 Å². The Labute approximate surface area is 71.0 Å². The molecule has 1 aliphatic heterocycles. The zero-order valence-corrected chi connectivity index (χ0v) is 8.43. The summed E-state index contributed by atoms with van der Waals surface area (Å²) < 4.78 is 1.25. The van der Waals surface area contributed by atoms with Gasteiger partial charge in [-0.3, -0.25) is 0 Å². The molecule has 0 aromatic carbocycles. The van der Waals surface area contributed by atoms with Crippen LogP contribution in [0.2, 0.25) is 0 Å². The Hall–Kier alpha value is -0.0400. The van der Waals surface area contributed by atoms with Gasteiger partial charge in [0.25, 0.3) is 0 Å². The van der Waals surface area contributed by atoms with Gasteiger partial charge in [-0.05, 0) is 12.3 Å². The zero-order chi connectivity index (χ0) is 8.48. The van der Waals surface area contributed by atoms with Crippen molar-refractivity contribution in [3.63, 3.8) is 0 Å². The highest BCUT2D eigenvalue weighted by Gasteiger charge is 2.30. The first-order valence-electron chi connectivity index (χ1n) is 4.81. The van der Waals surface area contributed by atoms with Crippen molar-refractivity contribution >= 4 is 0 Å². The highest BCUT2D eigenvalue weighted by molar-refractivity contribution is 4.66. The van der Waals surface area contributed by atoms with Crippen LogP contribution in [0.4, 0.5) is 0 Å². The molecule has 1 heteroatoms. The van der Waals surface area contributed by atoms with Crippen LogP contribution in [0.25, 0.3) is 0 Å². The third kappa shape index (κ3) is 2.82. The lowest BCUT2D eigenvalue weighted by Crippen LogP contribution is -2.36. The minimum absolute atomic E-state index is 0.887. The Balaban J connectivity index is 2.31. The topological polar surface area (TPSA) is 0 Å². The summed E-state index contributed by atoms with van der Waals surface area (Å²) in [6, 6.07) is 0. The summed E-state index contributed by atoms with van der Waals surface area (Å²) in [5, 5.41) is 0. The van der Waals surface area contributed by atoms with Gasteiger partial charge in [0.15, 0.2) is 0 Å². The minimum Gasteiger partial charge on any atom is -0.328 e. The van der Waals surface area contributed by atoms with Gasteiger partial charge in [-0.25, -0.2) is 0 Å². The Morgan fingerprint density at radius 3 is 2.36 bits per heavy atom. The zero-order valence-electron chi connectivity index (χ0n) is 8.43. The number of rotatable bonds is 2. The van der Waals surface area contributed by atoms with Crippen molar-refractivity contribution < 1.29 is 4.48 Å². The molecule has 1 fully saturated rings. The molecule has 66 valence electrons. The average molecular weight is 156 g/mol. The average Bonchev–Trinajstić information content (AvgIpc) is 2.08. The SMILES string of the molecule is CC(C)CC1CC[N+](C)(C)C1. The molecule has 0 aromatic heterocycles. The molecule has 0 saturated carbocycles. The van der Waals surface area contributed by atoms with Crippen LogP contribution in [0.3, 0.4) is 0 Å². The normalized spacial score (nSPS) is 29.7. The number of likely N-dealkylation sites (tertiary alicyclic amines) is 1. The summed E-state index contributed by atoms with van der Waals surface area (Å²) in [5.41, 5.74) is 0. The van der Waals surface area contributed by atoms with E-state index in [4.69, 9.17) is 0 Å². The maximum absolute atomic E-state index is 2.35. The quantitative estimate of drug-likeness (QED) is 0.537. The molecule has 1 nitrogen and oxygen atoms in total. The summed E-state index contributed by atoms with van der Waals surface area (Å²) in [7, 11) is 4.70. The van der Waals surface area contributed by atoms with Crippen LogP contribution in [0, 0.1) is 11.8 Å². The Morgan fingerprint density at radius 1 is 1.36 bits per heavy atom. The molecule has 1 aliphatic rings. The number of hydrogen-bond donors (Lipinski definition) is 0. The van der Waals surface area contributed by atoms with E-state index in [2.05, 4.69) is 27.9 Å². The molecule has 0 radical (unpaired) electrons. The van der Waals surface area contributed by atoms with Crippen LogP contribution >= 0.6 is 0 Å². The van der Waals surface area contributed by atoms with Crippen LogP contribution < -0.4 is 0 Å². The second-order valence-electron chi connectivity index (χ2n) is 5.13. The molecule has 1 heterocycles. The lowest BCUT2D eigenvalue weighted by Gasteiger charge is -2.23. The van der Waals surface area contributed by atoms with E-state index in [1.54, 1.807) is 0 Å². The number of nitrogens with zero attached hydrogens (tertiary/aromatic N) is 1. The van der Waals surface area contributed by atoms with E-state index in [1.807, 2.05) is 0 Å². The fraction of sp³-hybridized carbons (Fsp3) is 1.00. The highest BCUT2D eigenvalue weighted by atomic mass is 15.3. The van der Waals surface area contributed by atoms with E-state index in [9.17, 15) is 0 Å². The summed E-state index contributed by atoms with van der Waals surface area (Å²) in [4.78, 5) is 0. The van der Waals surface area contributed by atoms with Crippen molar-refractivity contribution in [3.8, 4) is 0 Å². The second kappa shape index (κ2) is 3.14. The summed E-state index contributed by atoms with van der Waals surface area (Å²) >= 11 is 0. The van der Waals surface area contributed by atoms with Crippen molar-refractivity contribution in [1.82, 2.24) is 0 Å². The Morgan fingerprint density at radius 2 is 2.00 bits per heavy atom. The van der Waals surface area contributed by atoms with E-state index in [-0.39, 0.29) is 0 Å². The monoisotopic (exact) mass is 156 g/mol. The van der Waals surface area contributed by atoms with Gasteiger partial charge in [0.2, 0.25) is 0 Å². The summed E-state index contributed by atoms with van der Waals surface area (Å²) in [5.74, 6) is 1.89. The van der Waals surface area contributed by atoms with Gasteiger partial charge < -0.3 is 4.48 Å². The second-order valence-corrected chi connectivity index (χ2v) is 5.13. The number of hydrogen-bond acceptors (Lipinski definition) is 0. The van der Waals surface area contributed by atoms with Crippen molar-refractivity contribution in [2.45, 2.75) is 26.7 Å². The van der Waals surface area contributed by atoms with E-state index >= 15 is 0 Å². The molecule has 0 N–H and O–H groups in total. The summed E-state index contributed by atoms with van der Waals surface area (Å²) in [6.45, 7) is 7.45. The minimum atomic E-state index is 0.887. The maximum atomic E-state index is 2.35. The van der Waals surface area contributed by atoms with Crippen LogP contribution in [-0.2, 0) is 0 Å². The molecule has 11 heavy (non-hydrogen) atoms. The molecule has 0 spiro atoms. The molecular weight excluding hydrogens is 134 g/mol. The third-order valence-corrected chi connectivity index (χ3v) is 2.70. The predicted molar refractivity (Wildman–Crippen MR) is 49.4 cm³/mol. The van der Waals surface area contributed by atoms with E-state index < -0.39 is 0 Å². The van der Waals surface area contributed by atoms with Gasteiger partial charge >= 0.3 is 0 Å². The molecule has 0 aromatic rings. The fourth-order valence-electron chi connectivity index (χ4n) is 2.27. The first-order valence-corrected chi connectivity index (χ1v) is 4.81. The summed E-state index contributed by atoms with van der Waals surface area (Å²) in [6.07, 6.45) is 2.88. The largest absolute Gasteiger partial charge is 0.328 e. The molecule has 1 atom stereocenters. The van der Waals surface area contributed by atoms with Gasteiger partial charge in [0, 0.05) is 12.3 Å². The Kier molecular flexibility index (Phi) is 2.58. The molecule has 1 rings (SSSR count). The molecule has 0 bridgehead atoms. The van der Waals surface area contributed by atoms with Crippen molar-refractivity contribution in [2.75, 3.05) is 27.2 Å². The van der Waals surface area contributed by atoms with E-state index in [1.165, 1.54) is 30.4 Å². The van der Waals surface area contributed by atoms with Gasteiger partial charge in [-0.1, -0.05) is 13.8 Å².